The van der Waals surface area contributed by atoms with E-state index in [0.29, 0.717) is 12.8 Å². The molecule has 1 aliphatic rings. The first-order chi connectivity index (χ1) is 5.36. The zero-order chi connectivity index (χ0) is 9.41. The summed E-state index contributed by atoms with van der Waals surface area (Å²) >= 11 is 5.99. The third-order valence-corrected chi connectivity index (χ3v) is 3.05. The highest BCUT2D eigenvalue weighted by Gasteiger charge is 2.44. The molecule has 0 saturated heterocycles. The van der Waals surface area contributed by atoms with Crippen molar-refractivity contribution in [3.8, 4) is 0 Å². The summed E-state index contributed by atoms with van der Waals surface area (Å²) in [5.41, 5.74) is 0.0817. The van der Waals surface area contributed by atoms with Gasteiger partial charge in [-0.05, 0) is 24.7 Å². The monoisotopic (exact) mass is 190 g/mol. The van der Waals surface area contributed by atoms with E-state index < -0.39 is 10.8 Å². The molecule has 1 saturated carbocycles. The van der Waals surface area contributed by atoms with E-state index in [9.17, 15) is 4.79 Å². The van der Waals surface area contributed by atoms with Crippen LogP contribution in [0.3, 0.4) is 0 Å². The third-order valence-electron chi connectivity index (χ3n) is 2.57. The molecule has 70 valence electrons. The minimum Gasteiger partial charge on any atom is -0.480 e. The normalized spacial score (nSPS) is 34.6. The summed E-state index contributed by atoms with van der Waals surface area (Å²) in [6.45, 7) is 4.15. The van der Waals surface area contributed by atoms with Crippen LogP contribution in [0.5, 0.6) is 0 Å². The molecule has 0 radical (unpaired) electrons. The highest BCUT2D eigenvalue weighted by atomic mass is 35.5. The number of halogens is 1. The van der Waals surface area contributed by atoms with Crippen molar-refractivity contribution in [2.24, 2.45) is 5.41 Å². The molecule has 0 bridgehead atoms. The molecular formula is C9H15ClO2. The van der Waals surface area contributed by atoms with Gasteiger partial charge in [0.2, 0.25) is 0 Å². The van der Waals surface area contributed by atoms with Gasteiger partial charge in [0.05, 0.1) is 0 Å². The smallest absolute Gasteiger partial charge is 0.324 e. The summed E-state index contributed by atoms with van der Waals surface area (Å²) in [4.78, 5) is 9.83. The van der Waals surface area contributed by atoms with Gasteiger partial charge in [-0.2, -0.15) is 0 Å². The number of alkyl halides is 1. The molecule has 0 aromatic rings. The first-order valence-corrected chi connectivity index (χ1v) is 4.66. The number of hydrogen-bond acceptors (Lipinski definition) is 1. The van der Waals surface area contributed by atoms with Crippen LogP contribution < -0.4 is 0 Å². The highest BCUT2D eigenvalue weighted by molar-refractivity contribution is 6.33. The van der Waals surface area contributed by atoms with E-state index in [1.54, 1.807) is 0 Å². The average Bonchev–Trinajstić information content (AvgIpc) is 1.83. The fourth-order valence-electron chi connectivity index (χ4n) is 1.97. The van der Waals surface area contributed by atoms with Crippen molar-refractivity contribution < 1.29 is 9.90 Å². The van der Waals surface area contributed by atoms with Gasteiger partial charge in [-0.15, -0.1) is 11.6 Å². The second kappa shape index (κ2) is 2.91. The van der Waals surface area contributed by atoms with Crippen molar-refractivity contribution >= 4 is 17.6 Å². The quantitative estimate of drug-likeness (QED) is 0.646. The van der Waals surface area contributed by atoms with Crippen molar-refractivity contribution in [1.82, 2.24) is 0 Å². The van der Waals surface area contributed by atoms with Gasteiger partial charge in [0.25, 0.3) is 0 Å². The van der Waals surface area contributed by atoms with Gasteiger partial charge in [-0.3, -0.25) is 4.79 Å². The SMILES string of the molecule is CC1(C)CCCC(Cl)(C(=O)O)C1. The first kappa shape index (κ1) is 9.85. The number of carboxylic acids is 1. The van der Waals surface area contributed by atoms with E-state index in [1.807, 2.05) is 0 Å². The molecule has 2 nitrogen and oxygen atoms in total. The second-order valence-electron chi connectivity index (χ2n) is 4.47. The van der Waals surface area contributed by atoms with Gasteiger partial charge in [-0.25, -0.2) is 0 Å². The van der Waals surface area contributed by atoms with Gasteiger partial charge in [0.1, 0.15) is 4.87 Å². The number of carboxylic acid groups (broad SMARTS) is 1. The van der Waals surface area contributed by atoms with E-state index in [2.05, 4.69) is 13.8 Å². The summed E-state index contributed by atoms with van der Waals surface area (Å²) < 4.78 is 0. The number of aliphatic carboxylic acids is 1. The second-order valence-corrected chi connectivity index (χ2v) is 5.19. The van der Waals surface area contributed by atoms with Crippen LogP contribution in [0, 0.1) is 5.41 Å². The van der Waals surface area contributed by atoms with Crippen LogP contribution in [0.2, 0.25) is 0 Å². The first-order valence-electron chi connectivity index (χ1n) is 4.28. The maximum atomic E-state index is 10.8. The Morgan fingerprint density at radius 2 is 2.00 bits per heavy atom. The van der Waals surface area contributed by atoms with E-state index in [0.717, 1.165) is 12.8 Å². The Balaban J connectivity index is 2.74. The van der Waals surface area contributed by atoms with Crippen LogP contribution in [-0.2, 0) is 4.79 Å². The predicted octanol–water partition coefficient (Wildman–Crippen LogP) is 2.65. The van der Waals surface area contributed by atoms with Crippen molar-refractivity contribution in [3.05, 3.63) is 0 Å². The number of hydrogen-bond donors (Lipinski definition) is 1. The Hall–Kier alpha value is -0.240. The van der Waals surface area contributed by atoms with Crippen LogP contribution >= 0.6 is 11.6 Å². The van der Waals surface area contributed by atoms with Gasteiger partial charge in [0.15, 0.2) is 0 Å². The minimum absolute atomic E-state index is 0.0817. The standard InChI is InChI=1S/C9H15ClO2/c1-8(2)4-3-5-9(10,6-8)7(11)12/h3-6H2,1-2H3,(H,11,12). The maximum Gasteiger partial charge on any atom is 0.324 e. The van der Waals surface area contributed by atoms with Crippen molar-refractivity contribution in [2.45, 2.75) is 44.4 Å². The molecule has 0 spiro atoms. The molecule has 1 unspecified atom stereocenters. The Morgan fingerprint density at radius 3 is 2.33 bits per heavy atom. The highest BCUT2D eigenvalue weighted by Crippen LogP contribution is 2.44. The van der Waals surface area contributed by atoms with Crippen LogP contribution in [0.1, 0.15) is 39.5 Å². The van der Waals surface area contributed by atoms with Gasteiger partial charge < -0.3 is 5.11 Å². The minimum atomic E-state index is -0.998. The fourth-order valence-corrected chi connectivity index (χ4v) is 2.46. The van der Waals surface area contributed by atoms with Crippen LogP contribution in [0.15, 0.2) is 0 Å². The molecule has 1 aliphatic carbocycles. The van der Waals surface area contributed by atoms with Crippen LogP contribution in [0.4, 0.5) is 0 Å². The van der Waals surface area contributed by atoms with E-state index in [-0.39, 0.29) is 5.41 Å². The fraction of sp³-hybridized carbons (Fsp3) is 0.889. The Bertz CT molecular complexity index is 201. The van der Waals surface area contributed by atoms with Gasteiger partial charge in [0, 0.05) is 0 Å². The Kier molecular flexibility index (Phi) is 2.39. The van der Waals surface area contributed by atoms with Crippen LogP contribution in [0.25, 0.3) is 0 Å². The maximum absolute atomic E-state index is 10.8. The van der Waals surface area contributed by atoms with Crippen molar-refractivity contribution in [2.75, 3.05) is 0 Å². The summed E-state index contributed by atoms with van der Waals surface area (Å²) in [6.07, 6.45) is 3.18. The summed E-state index contributed by atoms with van der Waals surface area (Å²) in [6, 6.07) is 0. The molecule has 0 aromatic carbocycles. The Morgan fingerprint density at radius 1 is 1.42 bits per heavy atom. The van der Waals surface area contributed by atoms with Gasteiger partial charge in [-0.1, -0.05) is 20.3 Å². The molecule has 0 aromatic heterocycles. The molecule has 12 heavy (non-hydrogen) atoms. The molecule has 1 atom stereocenters. The molecule has 1 N–H and O–H groups in total. The summed E-state index contributed by atoms with van der Waals surface area (Å²) in [5, 5.41) is 8.90. The number of carbonyl (C=O) groups is 1. The molecular weight excluding hydrogens is 176 g/mol. The number of rotatable bonds is 1. The predicted molar refractivity (Wildman–Crippen MR) is 48.5 cm³/mol. The lowest BCUT2D eigenvalue weighted by Crippen LogP contribution is -2.40. The largest absolute Gasteiger partial charge is 0.480 e. The molecule has 0 aliphatic heterocycles. The molecule has 1 rings (SSSR count). The average molecular weight is 191 g/mol. The van der Waals surface area contributed by atoms with Crippen molar-refractivity contribution in [3.63, 3.8) is 0 Å². The van der Waals surface area contributed by atoms with E-state index in [1.165, 1.54) is 0 Å². The zero-order valence-corrected chi connectivity index (χ0v) is 8.32. The summed E-state index contributed by atoms with van der Waals surface area (Å²) in [5.74, 6) is -0.864. The Labute approximate surface area is 77.9 Å². The third kappa shape index (κ3) is 1.92. The van der Waals surface area contributed by atoms with Gasteiger partial charge >= 0.3 is 5.97 Å². The van der Waals surface area contributed by atoms with Crippen LogP contribution in [-0.4, -0.2) is 16.0 Å². The molecule has 0 heterocycles. The zero-order valence-electron chi connectivity index (χ0n) is 7.56. The molecule has 3 heteroatoms. The lowest BCUT2D eigenvalue weighted by molar-refractivity contribution is -0.142. The summed E-state index contributed by atoms with van der Waals surface area (Å²) in [7, 11) is 0. The lowest BCUT2D eigenvalue weighted by atomic mass is 9.72. The lowest BCUT2D eigenvalue weighted by Gasteiger charge is -2.38. The van der Waals surface area contributed by atoms with E-state index >= 15 is 0 Å². The molecule has 0 amide bonds. The molecule has 1 fully saturated rings. The van der Waals surface area contributed by atoms with E-state index in [4.69, 9.17) is 16.7 Å². The van der Waals surface area contributed by atoms with Crippen molar-refractivity contribution in [1.29, 1.82) is 0 Å². The topological polar surface area (TPSA) is 37.3 Å².